The third kappa shape index (κ3) is 5.48. The van der Waals surface area contributed by atoms with Crippen molar-refractivity contribution >= 4 is 39.8 Å². The van der Waals surface area contributed by atoms with Crippen molar-refractivity contribution in [1.29, 1.82) is 0 Å². The number of hydrogen-bond donors (Lipinski definition) is 1. The number of hydrazone groups is 1. The summed E-state index contributed by atoms with van der Waals surface area (Å²) < 4.78 is 8.01. The third-order valence-corrected chi connectivity index (χ3v) is 5.84. The van der Waals surface area contributed by atoms with Gasteiger partial charge in [-0.25, -0.2) is 5.43 Å². The summed E-state index contributed by atoms with van der Waals surface area (Å²) in [4.78, 5) is 12.2. The maximum Gasteiger partial charge on any atom is 0.250 e. The molecule has 0 spiro atoms. The molecule has 0 atom stereocenters. The molecule has 0 aliphatic rings. The smallest absolute Gasteiger partial charge is 0.250 e. The normalized spacial score (nSPS) is 11.1. The van der Waals surface area contributed by atoms with Crippen LogP contribution in [0.4, 0.5) is 0 Å². The standard InChI is InChI=1S/C21H22BrN5O2S/c1-4-27-20(16-8-5-14(2)6-9-16)25-26-21(27)30-13-19(28)24-23-12-15-7-10-18(29-3)17(22)11-15/h5-12H,4,13H2,1-3H3,(H,24,28)/b23-12+. The van der Waals surface area contributed by atoms with Crippen LogP contribution in [-0.2, 0) is 11.3 Å². The van der Waals surface area contributed by atoms with E-state index in [1.165, 1.54) is 17.3 Å². The van der Waals surface area contributed by atoms with Crippen LogP contribution in [0.2, 0.25) is 0 Å². The number of benzene rings is 2. The van der Waals surface area contributed by atoms with Crippen LogP contribution < -0.4 is 10.2 Å². The number of carbonyl (C=O) groups excluding carboxylic acids is 1. The molecular formula is C21H22BrN5O2S. The average Bonchev–Trinajstić information content (AvgIpc) is 3.16. The number of rotatable bonds is 8. The molecule has 1 N–H and O–H groups in total. The van der Waals surface area contributed by atoms with Gasteiger partial charge in [0, 0.05) is 12.1 Å². The highest BCUT2D eigenvalue weighted by Crippen LogP contribution is 2.25. The van der Waals surface area contributed by atoms with E-state index in [1.807, 2.05) is 60.9 Å². The Kier molecular flexibility index (Phi) is 7.64. The Hall–Kier alpha value is -2.65. The van der Waals surface area contributed by atoms with Crippen molar-refractivity contribution in [2.45, 2.75) is 25.5 Å². The summed E-state index contributed by atoms with van der Waals surface area (Å²) in [5.74, 6) is 1.50. The van der Waals surface area contributed by atoms with Gasteiger partial charge in [0.2, 0.25) is 0 Å². The molecular weight excluding hydrogens is 466 g/mol. The van der Waals surface area contributed by atoms with Crippen LogP contribution >= 0.6 is 27.7 Å². The summed E-state index contributed by atoms with van der Waals surface area (Å²) >= 11 is 4.75. The molecule has 7 nitrogen and oxygen atoms in total. The fourth-order valence-electron chi connectivity index (χ4n) is 2.70. The van der Waals surface area contributed by atoms with Crippen LogP contribution in [-0.4, -0.2) is 39.7 Å². The van der Waals surface area contributed by atoms with E-state index in [9.17, 15) is 4.79 Å². The van der Waals surface area contributed by atoms with E-state index in [0.29, 0.717) is 11.7 Å². The number of nitrogens with one attached hydrogen (secondary N) is 1. The molecule has 1 amide bonds. The predicted molar refractivity (Wildman–Crippen MR) is 123 cm³/mol. The highest BCUT2D eigenvalue weighted by atomic mass is 79.9. The number of amides is 1. The zero-order chi connectivity index (χ0) is 21.5. The molecule has 0 aliphatic heterocycles. The lowest BCUT2D eigenvalue weighted by molar-refractivity contribution is -0.118. The van der Waals surface area contributed by atoms with Gasteiger partial charge in [-0.2, -0.15) is 5.10 Å². The lowest BCUT2D eigenvalue weighted by Gasteiger charge is -2.07. The lowest BCUT2D eigenvalue weighted by atomic mass is 10.1. The Labute approximate surface area is 188 Å². The summed E-state index contributed by atoms with van der Waals surface area (Å²) in [6, 6.07) is 13.7. The molecule has 3 aromatic rings. The van der Waals surface area contributed by atoms with E-state index in [-0.39, 0.29) is 11.7 Å². The van der Waals surface area contributed by atoms with E-state index in [2.05, 4.69) is 36.7 Å². The minimum absolute atomic E-state index is 0.190. The van der Waals surface area contributed by atoms with Crippen molar-refractivity contribution in [3.8, 4) is 17.1 Å². The van der Waals surface area contributed by atoms with Crippen molar-refractivity contribution < 1.29 is 9.53 Å². The van der Waals surface area contributed by atoms with Crippen LogP contribution in [0, 0.1) is 6.92 Å². The minimum Gasteiger partial charge on any atom is -0.496 e. The van der Waals surface area contributed by atoms with Gasteiger partial charge in [-0.15, -0.1) is 10.2 Å². The second-order valence-corrected chi connectivity index (χ2v) is 8.19. The molecule has 0 fully saturated rings. The molecule has 9 heteroatoms. The maximum absolute atomic E-state index is 12.2. The molecule has 0 unspecified atom stereocenters. The number of halogens is 1. The van der Waals surface area contributed by atoms with Crippen molar-refractivity contribution in [3.05, 3.63) is 58.1 Å². The SMILES string of the molecule is CCn1c(SCC(=O)N/N=C/c2ccc(OC)c(Br)c2)nnc1-c1ccc(C)cc1. The lowest BCUT2D eigenvalue weighted by Crippen LogP contribution is -2.20. The maximum atomic E-state index is 12.2. The Morgan fingerprint density at radius 3 is 2.70 bits per heavy atom. The zero-order valence-corrected chi connectivity index (χ0v) is 19.3. The van der Waals surface area contributed by atoms with Gasteiger partial charge in [-0.1, -0.05) is 41.6 Å². The largest absolute Gasteiger partial charge is 0.496 e. The van der Waals surface area contributed by atoms with Crippen molar-refractivity contribution in [3.63, 3.8) is 0 Å². The van der Waals surface area contributed by atoms with E-state index < -0.39 is 0 Å². The fraction of sp³-hybridized carbons (Fsp3) is 0.238. The number of methoxy groups -OCH3 is 1. The second-order valence-electron chi connectivity index (χ2n) is 6.39. The van der Waals surface area contributed by atoms with Crippen LogP contribution in [0.1, 0.15) is 18.1 Å². The molecule has 2 aromatic carbocycles. The number of carbonyl (C=O) groups is 1. The Morgan fingerprint density at radius 2 is 2.03 bits per heavy atom. The zero-order valence-electron chi connectivity index (χ0n) is 16.9. The van der Waals surface area contributed by atoms with Gasteiger partial charge in [-0.3, -0.25) is 4.79 Å². The van der Waals surface area contributed by atoms with Crippen molar-refractivity contribution in [1.82, 2.24) is 20.2 Å². The molecule has 1 heterocycles. The van der Waals surface area contributed by atoms with Gasteiger partial charge in [0.1, 0.15) is 5.75 Å². The van der Waals surface area contributed by atoms with Gasteiger partial charge in [0.05, 0.1) is 23.5 Å². The number of aromatic nitrogens is 3. The van der Waals surface area contributed by atoms with Gasteiger partial charge >= 0.3 is 0 Å². The van der Waals surface area contributed by atoms with Gasteiger partial charge < -0.3 is 9.30 Å². The first-order valence-electron chi connectivity index (χ1n) is 9.30. The topological polar surface area (TPSA) is 81.4 Å². The second kappa shape index (κ2) is 10.4. The van der Waals surface area contributed by atoms with Crippen LogP contribution in [0.25, 0.3) is 11.4 Å². The number of ether oxygens (including phenoxy) is 1. The molecule has 1 aromatic heterocycles. The van der Waals surface area contributed by atoms with Gasteiger partial charge in [0.15, 0.2) is 11.0 Å². The molecule has 0 saturated carbocycles. The Morgan fingerprint density at radius 1 is 1.27 bits per heavy atom. The van der Waals surface area contributed by atoms with Crippen molar-refractivity contribution in [2.24, 2.45) is 5.10 Å². The summed E-state index contributed by atoms with van der Waals surface area (Å²) in [6.07, 6.45) is 1.58. The summed E-state index contributed by atoms with van der Waals surface area (Å²) in [6.45, 7) is 4.79. The monoisotopic (exact) mass is 487 g/mol. The highest BCUT2D eigenvalue weighted by Gasteiger charge is 2.14. The summed E-state index contributed by atoms with van der Waals surface area (Å²) in [5, 5.41) is 13.3. The molecule has 156 valence electrons. The minimum atomic E-state index is -0.216. The molecule has 0 aliphatic carbocycles. The van der Waals surface area contributed by atoms with E-state index in [4.69, 9.17) is 4.74 Å². The van der Waals surface area contributed by atoms with Gasteiger partial charge in [0.25, 0.3) is 5.91 Å². The van der Waals surface area contributed by atoms with E-state index >= 15 is 0 Å². The molecule has 3 rings (SSSR count). The number of hydrogen-bond acceptors (Lipinski definition) is 6. The third-order valence-electron chi connectivity index (χ3n) is 4.25. The number of aryl methyl sites for hydroxylation is 1. The highest BCUT2D eigenvalue weighted by molar-refractivity contribution is 9.10. The summed E-state index contributed by atoms with van der Waals surface area (Å²) in [7, 11) is 1.61. The summed E-state index contributed by atoms with van der Waals surface area (Å²) in [5.41, 5.74) is 5.57. The van der Waals surface area contributed by atoms with Gasteiger partial charge in [-0.05, 0) is 53.5 Å². The average molecular weight is 488 g/mol. The van der Waals surface area contributed by atoms with Crippen LogP contribution in [0.5, 0.6) is 5.75 Å². The van der Waals surface area contributed by atoms with Crippen LogP contribution in [0.15, 0.2) is 57.2 Å². The van der Waals surface area contributed by atoms with Crippen molar-refractivity contribution in [2.75, 3.05) is 12.9 Å². The fourth-order valence-corrected chi connectivity index (χ4v) is 4.05. The first-order chi connectivity index (χ1) is 14.5. The first-order valence-corrected chi connectivity index (χ1v) is 11.1. The number of nitrogens with zero attached hydrogens (tertiary/aromatic N) is 4. The molecule has 0 bridgehead atoms. The quantitative estimate of drug-likeness (QED) is 0.291. The molecule has 0 radical (unpaired) electrons. The van der Waals surface area contributed by atoms with Crippen LogP contribution in [0.3, 0.4) is 0 Å². The number of thioether (sulfide) groups is 1. The van der Waals surface area contributed by atoms with E-state index in [0.717, 1.165) is 27.2 Å². The molecule has 30 heavy (non-hydrogen) atoms. The molecule has 0 saturated heterocycles. The Bertz CT molecular complexity index is 1050. The van der Waals surface area contributed by atoms with E-state index in [1.54, 1.807) is 13.3 Å². The predicted octanol–water partition coefficient (Wildman–Crippen LogP) is 4.29. The Balaban J connectivity index is 1.58. The first kappa shape index (κ1) is 22.0.